The number of carbonyl (C=O) groups excluding carboxylic acids is 7. The number of hydrogen-bond acceptors (Lipinski definition) is 22. The van der Waals surface area contributed by atoms with E-state index in [0.717, 1.165) is 51.4 Å². The molecule has 2 aromatic heterocycles. The van der Waals surface area contributed by atoms with Crippen LogP contribution in [0.3, 0.4) is 0 Å². The number of sulfonamides is 2. The van der Waals surface area contributed by atoms with E-state index in [9.17, 15) is 83.1 Å². The van der Waals surface area contributed by atoms with E-state index in [1.165, 1.54) is 34.3 Å². The van der Waals surface area contributed by atoms with E-state index < -0.39 is 197 Å². The van der Waals surface area contributed by atoms with Gasteiger partial charge in [0, 0.05) is 41.7 Å². The van der Waals surface area contributed by atoms with Crippen molar-refractivity contribution in [3.63, 3.8) is 0 Å². The van der Waals surface area contributed by atoms with Gasteiger partial charge in [0.2, 0.25) is 56.5 Å². The van der Waals surface area contributed by atoms with E-state index in [-0.39, 0.29) is 80.3 Å². The first-order valence-electron chi connectivity index (χ1n) is 42.2. The minimum Gasteiger partial charge on any atom is -0.471 e. The molecular weight excluding hydrogens is 1620 g/mol. The number of hydrogen-bond donors (Lipinski definition) is 5. The molecule has 35 heteroatoms. The van der Waals surface area contributed by atoms with Crippen LogP contribution in [0.25, 0.3) is 21.9 Å². The summed E-state index contributed by atoms with van der Waals surface area (Å²) in [6.07, 6.45) is 1.13. The number of aromatic nitrogens is 4. The molecule has 5 N–H and O–H groups in total. The number of nitrogens with zero attached hydrogens (tertiary/aromatic N) is 7. The predicted molar refractivity (Wildman–Crippen MR) is 429 cm³/mol. The standard InChI is InChI=1S/C44H55F2N5O8S.C41H53ClF2N6O9S/c1-23-35-22-51(37(23)33(52)20-44(19-29(44)38(45)46)41(55)50-60(56,57)43(5)13-14-43)40(54)28(42(2,3)4)18-36(53)58-34-17-25-16-27(25)26(34)9-7-6-8-10-31-39(59-35)49-32-15-24(21-47)11-12-30(32)48-31;1-20-29-19-50(30(20)33(51)47-41(18-26(41)32(43)44)36(54)48-60(56,57)40(5)12-13-40)35(53)31(39(2,3)4)46-38(55)59-28-16-21-15-25(21)23(28)9-7-6-8-14-49-34(52)24-11-10-22(42)17-27(24)45-37(49)58-29/h11-12,15,23,25-29,34-35,37-38H,6-10,13-14,16-20,22H2,1-5H3,(H,50,55);6,8,10-11,17,20-21,23,25-26,28-33,47,51H,7,9,12-16,18-19H2,1-5H3,(H,46,55)(H,48,54)/b;8-6+/t23-,25+,26-,27+,28-,29+,34-,35+,37+,44?;20-,21+,23-,25+,26+,28-,29+,30+,31-,33?,41-/m11/s1. The molecule has 652 valence electrons. The summed E-state index contributed by atoms with van der Waals surface area (Å²) in [5.74, 6) is -8.01. The van der Waals surface area contributed by atoms with Crippen molar-refractivity contribution in [3.8, 4) is 18.0 Å². The number of benzene rings is 2. The summed E-state index contributed by atoms with van der Waals surface area (Å²) >= 11 is 6.30. The zero-order valence-electron chi connectivity index (χ0n) is 69.1. The van der Waals surface area contributed by atoms with Gasteiger partial charge in [-0.2, -0.15) is 10.2 Å². The molecule has 10 fully saturated rings. The summed E-state index contributed by atoms with van der Waals surface area (Å²) in [5.41, 5.74) is -4.08. The Morgan fingerprint density at radius 2 is 1.32 bits per heavy atom. The number of fused-ring (bicyclic) bond motifs is 14. The van der Waals surface area contributed by atoms with Gasteiger partial charge >= 0.3 is 12.1 Å². The number of halogens is 5. The van der Waals surface area contributed by atoms with Gasteiger partial charge in [0.15, 0.2) is 5.78 Å². The van der Waals surface area contributed by atoms with Gasteiger partial charge in [-0.1, -0.05) is 92.0 Å². The molecule has 12 aliphatic rings. The van der Waals surface area contributed by atoms with Gasteiger partial charge in [-0.3, -0.25) is 52.9 Å². The largest absolute Gasteiger partial charge is 0.471 e. The van der Waals surface area contributed by atoms with E-state index in [2.05, 4.69) is 21.7 Å². The third kappa shape index (κ3) is 16.9. The lowest BCUT2D eigenvalue weighted by molar-refractivity contribution is -0.158. The Bertz CT molecular complexity index is 5170. The van der Waals surface area contributed by atoms with Crippen LogP contribution in [0.1, 0.15) is 196 Å². The summed E-state index contributed by atoms with van der Waals surface area (Å²) in [4.78, 5) is 131. The molecule has 21 atom stereocenters. The van der Waals surface area contributed by atoms with Crippen molar-refractivity contribution in [2.45, 2.75) is 274 Å². The molecule has 0 radical (unpaired) electrons. The van der Waals surface area contributed by atoms with E-state index in [0.29, 0.717) is 88.5 Å². The van der Waals surface area contributed by atoms with Gasteiger partial charge in [-0.25, -0.2) is 49.2 Å². The second kappa shape index (κ2) is 31.9. The molecule has 2 aromatic carbocycles. The van der Waals surface area contributed by atoms with E-state index in [1.807, 2.05) is 42.4 Å². The monoisotopic (exact) mass is 1730 g/mol. The maximum absolute atomic E-state index is 15.0. The Morgan fingerprint density at radius 3 is 1.94 bits per heavy atom. The Labute approximate surface area is 700 Å². The highest BCUT2D eigenvalue weighted by Gasteiger charge is 2.70. The molecule has 6 heterocycles. The number of alkyl carbamates (subject to hydrolysis) is 1. The quantitative estimate of drug-likeness (QED) is 0.0339. The molecular formula is C85H108ClF4N11O17S2. The van der Waals surface area contributed by atoms with Gasteiger partial charge in [0.25, 0.3) is 17.5 Å². The summed E-state index contributed by atoms with van der Waals surface area (Å²) in [7, 11) is -8.45. The van der Waals surface area contributed by atoms with Crippen LogP contribution in [0.5, 0.6) is 11.9 Å². The van der Waals surface area contributed by atoms with Crippen molar-refractivity contribution in [1.29, 1.82) is 5.26 Å². The SMILES string of the molecule is C[C@@H]1[C@@H]2CN(C(=O)[C@H](C(C)(C)C)CC(=O)O[C@@H]3C[C@@H]4C[C@@H]4[C@H]3CCCCCc3nc4ccc(C#N)cc4nc3O2)[C@@H]1C(=O)CC1(C(=O)NS(=O)(=O)C2(C)CC2)C[C@H]1C(F)F.C[C@@H]1[C@@H]2CN(C(=O)[C@H](C(C)(C)C)NC(=O)O[C@@H]3C[C@@H]4C[C@@H]4[C@H]3CC/C=C/Cn3c(nc4cc(Cl)ccc4c3=O)O2)[C@@H]1C(O)N[C@]1(C(=O)NS(=O)(=O)C2(C)CC2)C[C@H]1C(F)F. The molecule has 5 amide bonds. The minimum absolute atomic E-state index is 0.0802. The normalized spacial score (nSPS) is 34.4. The molecule has 16 rings (SSSR count). The third-order valence-corrected chi connectivity index (χ3v) is 33.1. The number of rotatable bonds is 14. The summed E-state index contributed by atoms with van der Waals surface area (Å²) in [6, 6.07) is 7.92. The lowest BCUT2D eigenvalue weighted by atomic mass is 9.77. The fourth-order valence-electron chi connectivity index (χ4n) is 19.9. The van der Waals surface area contributed by atoms with Crippen LogP contribution < -0.4 is 35.1 Å². The molecule has 4 bridgehead atoms. The maximum Gasteiger partial charge on any atom is 0.408 e. The third-order valence-electron chi connectivity index (χ3n) is 28.6. The van der Waals surface area contributed by atoms with Crippen molar-refractivity contribution in [3.05, 3.63) is 75.2 Å². The van der Waals surface area contributed by atoms with Crippen molar-refractivity contribution >= 4 is 95.1 Å². The molecule has 2 unspecified atom stereocenters. The number of aliphatic hydroxyl groups excluding tert-OH is 1. The van der Waals surface area contributed by atoms with Crippen molar-refractivity contribution in [1.82, 2.24) is 49.4 Å². The number of carbonyl (C=O) groups is 7. The van der Waals surface area contributed by atoms with Crippen LogP contribution >= 0.6 is 11.6 Å². The minimum atomic E-state index is -4.24. The molecule has 2 saturated heterocycles. The highest BCUT2D eigenvalue weighted by Crippen LogP contribution is 2.62. The molecule has 4 aromatic rings. The summed E-state index contributed by atoms with van der Waals surface area (Å²) < 4.78 is 138. The fraction of sp³-hybridized carbons (Fsp3) is 0.694. The molecule has 28 nitrogen and oxygen atoms in total. The highest BCUT2D eigenvalue weighted by atomic mass is 35.5. The van der Waals surface area contributed by atoms with Gasteiger partial charge in [-0.15, -0.1) is 0 Å². The van der Waals surface area contributed by atoms with E-state index >= 15 is 0 Å². The van der Waals surface area contributed by atoms with Crippen LogP contribution in [0.2, 0.25) is 5.02 Å². The average Bonchev–Trinajstić information content (AvgIpc) is 1.56. The lowest BCUT2D eigenvalue weighted by Gasteiger charge is -2.38. The number of amides is 5. The Kier molecular flexibility index (Phi) is 23.1. The zero-order valence-corrected chi connectivity index (χ0v) is 71.5. The topological polar surface area (TPSA) is 384 Å². The summed E-state index contributed by atoms with van der Waals surface area (Å²) in [5, 5.41) is 27.8. The molecule has 4 aliphatic heterocycles. The maximum atomic E-state index is 15.0. The fourth-order valence-corrected chi connectivity index (χ4v) is 22.8. The Morgan fingerprint density at radius 1 is 0.692 bits per heavy atom. The van der Waals surface area contributed by atoms with Gasteiger partial charge in [0.05, 0.1) is 86.0 Å². The molecule has 0 spiro atoms. The number of allylic oxidation sites excluding steroid dienone is 2. The second-order valence-corrected chi connectivity index (χ2v) is 43.8. The number of ketones is 1. The Hall–Kier alpha value is -8.13. The Balaban J connectivity index is 0.000000187. The molecule has 120 heavy (non-hydrogen) atoms. The van der Waals surface area contributed by atoms with E-state index in [4.69, 9.17) is 40.5 Å². The molecule has 8 saturated carbocycles. The van der Waals surface area contributed by atoms with Crippen molar-refractivity contribution in [2.75, 3.05) is 13.1 Å². The number of aryl methyl sites for hydroxylation is 1. The number of alkyl halides is 4. The first kappa shape index (κ1) is 86.8. The zero-order chi connectivity index (χ0) is 86.4. The lowest BCUT2D eigenvalue weighted by Crippen LogP contribution is -2.63. The summed E-state index contributed by atoms with van der Waals surface area (Å²) in [6.45, 7) is 16.7. The van der Waals surface area contributed by atoms with Crippen molar-refractivity contribution in [2.24, 2.45) is 81.3 Å². The number of nitriles is 1. The number of ether oxygens (including phenoxy) is 4. The number of aliphatic hydroxyl groups is 1. The predicted octanol–water partition coefficient (Wildman–Crippen LogP) is 10.2. The van der Waals surface area contributed by atoms with Gasteiger partial charge < -0.3 is 39.2 Å². The van der Waals surface area contributed by atoms with Crippen LogP contribution in [-0.4, -0.2) is 182 Å². The first-order valence-corrected chi connectivity index (χ1v) is 45.6. The van der Waals surface area contributed by atoms with Crippen LogP contribution in [0.15, 0.2) is 53.3 Å². The van der Waals surface area contributed by atoms with E-state index in [1.54, 1.807) is 65.0 Å². The second-order valence-electron chi connectivity index (χ2n) is 38.9. The van der Waals surface area contributed by atoms with Gasteiger partial charge in [0.1, 0.15) is 47.9 Å². The van der Waals surface area contributed by atoms with Crippen LogP contribution in [0, 0.1) is 92.7 Å². The van der Waals surface area contributed by atoms with Crippen LogP contribution in [0.4, 0.5) is 22.4 Å². The smallest absolute Gasteiger partial charge is 0.408 e. The first-order chi connectivity index (χ1) is 56.4. The highest BCUT2D eigenvalue weighted by molar-refractivity contribution is 7.92. The van der Waals surface area contributed by atoms with Crippen LogP contribution in [-0.2, 0) is 71.3 Å². The number of esters is 1. The number of nitrogens with one attached hydrogen (secondary N) is 4. The average molecular weight is 1730 g/mol. The number of Topliss-reactive ketones (excluding diaryl/α,β-unsaturated/α-hetero) is 1. The van der Waals surface area contributed by atoms with Crippen molar-refractivity contribution < 1.29 is 92.0 Å². The molecule has 8 aliphatic carbocycles. The van der Waals surface area contributed by atoms with Gasteiger partial charge in [-0.05, 0) is 193 Å².